The number of piperazine rings is 1. The van der Waals surface area contributed by atoms with Crippen molar-refractivity contribution in [1.29, 1.82) is 0 Å². The molecule has 1 heterocycles. The smallest absolute Gasteiger partial charge is 0.246 e. The van der Waals surface area contributed by atoms with Gasteiger partial charge in [-0.25, -0.2) is 8.42 Å². The van der Waals surface area contributed by atoms with Crippen LogP contribution in [0.25, 0.3) is 0 Å². The number of rotatable bonds is 6. The molecule has 0 spiro atoms. The second kappa shape index (κ2) is 8.94. The van der Waals surface area contributed by atoms with Crippen LogP contribution < -0.4 is 9.64 Å². The van der Waals surface area contributed by atoms with Gasteiger partial charge in [0.25, 0.3) is 0 Å². The second-order valence-corrected chi connectivity index (χ2v) is 9.93. The third kappa shape index (κ3) is 4.71. The normalized spacial score (nSPS) is 15.7. The Morgan fingerprint density at radius 3 is 2.34 bits per heavy atom. The maximum atomic E-state index is 13.4. The molecule has 1 fully saturated rings. The molecule has 0 N–H and O–H groups in total. The van der Waals surface area contributed by atoms with Crippen molar-refractivity contribution in [2.45, 2.75) is 38.5 Å². The lowest BCUT2D eigenvalue weighted by Gasteiger charge is -2.35. The summed E-state index contributed by atoms with van der Waals surface area (Å²) < 4.78 is 34.0. The molecule has 0 aromatic heterocycles. The molecule has 0 saturated carbocycles. The van der Waals surface area contributed by atoms with E-state index in [9.17, 15) is 8.42 Å². The number of anilines is 1. The zero-order valence-corrected chi connectivity index (χ0v) is 19.1. The Kier molecular flexibility index (Phi) is 6.76. The molecule has 158 valence electrons. The van der Waals surface area contributed by atoms with Gasteiger partial charge in [-0.2, -0.15) is 4.31 Å². The molecule has 1 aliphatic heterocycles. The highest BCUT2D eigenvalue weighted by atomic mass is 35.5. The number of halogens is 1. The van der Waals surface area contributed by atoms with Crippen LogP contribution in [0.15, 0.2) is 41.3 Å². The minimum Gasteiger partial charge on any atom is -0.492 e. The molecule has 0 amide bonds. The largest absolute Gasteiger partial charge is 0.492 e. The van der Waals surface area contributed by atoms with Crippen molar-refractivity contribution in [3.63, 3.8) is 0 Å². The van der Waals surface area contributed by atoms with Crippen molar-refractivity contribution < 1.29 is 13.2 Å². The van der Waals surface area contributed by atoms with Crippen molar-refractivity contribution in [1.82, 2.24) is 4.31 Å². The van der Waals surface area contributed by atoms with Gasteiger partial charge in [0.15, 0.2) is 0 Å². The number of aryl methyl sites for hydroxylation is 1. The van der Waals surface area contributed by atoms with Gasteiger partial charge in [0.05, 0.1) is 6.61 Å². The average Bonchev–Trinajstić information content (AvgIpc) is 2.70. The van der Waals surface area contributed by atoms with Crippen LogP contribution in [0.2, 0.25) is 5.02 Å². The third-order valence-corrected chi connectivity index (χ3v) is 7.64. The van der Waals surface area contributed by atoms with Gasteiger partial charge >= 0.3 is 0 Å². The first-order valence-electron chi connectivity index (χ1n) is 10.0. The van der Waals surface area contributed by atoms with Crippen LogP contribution in [0.3, 0.4) is 0 Å². The highest BCUT2D eigenvalue weighted by Gasteiger charge is 2.31. The molecule has 1 saturated heterocycles. The van der Waals surface area contributed by atoms with Gasteiger partial charge in [-0.1, -0.05) is 37.6 Å². The molecule has 0 unspecified atom stereocenters. The van der Waals surface area contributed by atoms with E-state index in [0.717, 1.165) is 21.8 Å². The molecule has 0 bridgehead atoms. The molecule has 2 aromatic carbocycles. The summed E-state index contributed by atoms with van der Waals surface area (Å²) in [5.74, 6) is 0.660. The zero-order valence-electron chi connectivity index (χ0n) is 17.5. The van der Waals surface area contributed by atoms with Crippen molar-refractivity contribution in [2.24, 2.45) is 0 Å². The molecule has 0 radical (unpaired) electrons. The molecule has 7 heteroatoms. The lowest BCUT2D eigenvalue weighted by atomic mass is 10.0. The second-order valence-electron chi connectivity index (χ2n) is 7.62. The van der Waals surface area contributed by atoms with Crippen molar-refractivity contribution in [2.75, 3.05) is 37.7 Å². The van der Waals surface area contributed by atoms with E-state index in [1.54, 1.807) is 16.4 Å². The summed E-state index contributed by atoms with van der Waals surface area (Å²) in [6.45, 7) is 10.4. The first-order chi connectivity index (χ1) is 13.7. The van der Waals surface area contributed by atoms with Crippen LogP contribution in [-0.2, 0) is 10.0 Å². The molecule has 5 nitrogen and oxygen atoms in total. The molecule has 1 aliphatic rings. The first-order valence-corrected chi connectivity index (χ1v) is 11.8. The van der Waals surface area contributed by atoms with E-state index in [4.69, 9.17) is 16.3 Å². The van der Waals surface area contributed by atoms with Crippen LogP contribution in [0.5, 0.6) is 5.75 Å². The van der Waals surface area contributed by atoms with Gasteiger partial charge in [-0.3, -0.25) is 0 Å². The quantitative estimate of drug-likeness (QED) is 0.659. The predicted molar refractivity (Wildman–Crippen MR) is 119 cm³/mol. The van der Waals surface area contributed by atoms with Crippen LogP contribution in [0.4, 0.5) is 5.69 Å². The topological polar surface area (TPSA) is 49.9 Å². The monoisotopic (exact) mass is 436 g/mol. The van der Waals surface area contributed by atoms with Gasteiger partial charge in [0.2, 0.25) is 10.0 Å². The summed E-state index contributed by atoms with van der Waals surface area (Å²) in [5, 5.41) is 0.726. The molecule has 0 aliphatic carbocycles. The van der Waals surface area contributed by atoms with Crippen molar-refractivity contribution in [3.05, 3.63) is 52.5 Å². The van der Waals surface area contributed by atoms with E-state index < -0.39 is 10.0 Å². The fourth-order valence-electron chi connectivity index (χ4n) is 3.46. The summed E-state index contributed by atoms with van der Waals surface area (Å²) in [6, 6.07) is 11.4. The average molecular weight is 437 g/mol. The predicted octanol–water partition coefficient (Wildman–Crippen LogP) is 4.68. The van der Waals surface area contributed by atoms with Crippen LogP contribution in [0, 0.1) is 6.92 Å². The molecule has 29 heavy (non-hydrogen) atoms. The Morgan fingerprint density at radius 2 is 1.76 bits per heavy atom. The van der Waals surface area contributed by atoms with Crippen molar-refractivity contribution >= 4 is 27.3 Å². The number of hydrogen-bond acceptors (Lipinski definition) is 4. The summed E-state index contributed by atoms with van der Waals surface area (Å²) >= 11 is 6.25. The number of benzene rings is 2. The van der Waals surface area contributed by atoms with Gasteiger partial charge in [-0.05, 0) is 55.2 Å². The maximum Gasteiger partial charge on any atom is 0.246 e. The summed E-state index contributed by atoms with van der Waals surface area (Å²) in [4.78, 5) is 2.43. The Morgan fingerprint density at radius 1 is 1.07 bits per heavy atom. The fourth-order valence-corrected chi connectivity index (χ4v) is 5.23. The number of nitrogens with zero attached hydrogens (tertiary/aromatic N) is 2. The molecular weight excluding hydrogens is 408 g/mol. The summed E-state index contributed by atoms with van der Waals surface area (Å²) in [5.41, 5.74) is 3.04. The van der Waals surface area contributed by atoms with Gasteiger partial charge in [0.1, 0.15) is 10.6 Å². The molecule has 0 atom stereocenters. The highest BCUT2D eigenvalue weighted by molar-refractivity contribution is 7.89. The Labute approximate surface area is 179 Å². The molecule has 2 aromatic rings. The van der Waals surface area contributed by atoms with Crippen LogP contribution in [0.1, 0.15) is 37.8 Å². The number of sulfonamides is 1. The Balaban J connectivity index is 1.82. The fraction of sp³-hybridized carbons (Fsp3) is 0.455. The maximum absolute atomic E-state index is 13.4. The van der Waals surface area contributed by atoms with Crippen LogP contribution in [-0.4, -0.2) is 45.5 Å². The van der Waals surface area contributed by atoms with Gasteiger partial charge in [-0.15, -0.1) is 0 Å². The standard InChI is InChI=1S/C22H29ClN2O3S/c1-5-28-21-9-7-18(16(2)3)14-22(21)29(26,27)25-12-10-24(11-13-25)19-8-6-17(4)20(23)15-19/h6-9,14-16H,5,10-13H2,1-4H3. The lowest BCUT2D eigenvalue weighted by molar-refractivity contribution is 0.327. The number of ether oxygens (including phenoxy) is 1. The minimum absolute atomic E-state index is 0.239. The highest BCUT2D eigenvalue weighted by Crippen LogP contribution is 2.32. The lowest BCUT2D eigenvalue weighted by Crippen LogP contribution is -2.48. The van der Waals surface area contributed by atoms with Gasteiger partial charge in [0, 0.05) is 36.9 Å². The summed E-state index contributed by atoms with van der Waals surface area (Å²) in [6.07, 6.45) is 0. The first kappa shape index (κ1) is 21.9. The Hall–Kier alpha value is -1.76. The van der Waals surface area contributed by atoms with E-state index in [0.29, 0.717) is 38.5 Å². The SMILES string of the molecule is CCOc1ccc(C(C)C)cc1S(=O)(=O)N1CCN(c2ccc(C)c(Cl)c2)CC1. The van der Waals surface area contributed by atoms with Crippen molar-refractivity contribution in [3.8, 4) is 5.75 Å². The number of hydrogen-bond donors (Lipinski definition) is 0. The third-order valence-electron chi connectivity index (χ3n) is 5.31. The van der Waals surface area contributed by atoms with E-state index in [1.807, 2.05) is 38.1 Å². The van der Waals surface area contributed by atoms with Crippen LogP contribution >= 0.6 is 11.6 Å². The molecular formula is C22H29ClN2O3S. The van der Waals surface area contributed by atoms with Gasteiger partial charge < -0.3 is 9.64 Å². The van der Waals surface area contributed by atoms with E-state index in [1.165, 1.54) is 0 Å². The zero-order chi connectivity index (χ0) is 21.2. The molecule has 3 rings (SSSR count). The minimum atomic E-state index is -3.64. The summed E-state index contributed by atoms with van der Waals surface area (Å²) in [7, 11) is -3.64. The van der Waals surface area contributed by atoms with E-state index >= 15 is 0 Å². The van der Waals surface area contributed by atoms with E-state index in [2.05, 4.69) is 18.7 Å². The Bertz CT molecular complexity index is 968. The van der Waals surface area contributed by atoms with E-state index in [-0.39, 0.29) is 10.8 Å².